The summed E-state index contributed by atoms with van der Waals surface area (Å²) in [5, 5.41) is 12.8. The van der Waals surface area contributed by atoms with Crippen molar-refractivity contribution in [2.75, 3.05) is 27.2 Å². The predicted octanol–water partition coefficient (Wildman–Crippen LogP) is 2.52. The Hall–Kier alpha value is -3.88. The van der Waals surface area contributed by atoms with Crippen LogP contribution in [0.4, 0.5) is 0 Å². The molecule has 0 saturated carbocycles. The molecule has 2 aromatic heterocycles. The number of H-pyrrole nitrogens is 1. The number of nitrogens with zero attached hydrogens (tertiary/aromatic N) is 5. The molecule has 0 aliphatic carbocycles. The first-order valence-electron chi connectivity index (χ1n) is 10.5. The number of hydrogen-bond acceptors (Lipinski definition) is 6. The summed E-state index contributed by atoms with van der Waals surface area (Å²) in [6, 6.07) is 6.01. The quantitative estimate of drug-likeness (QED) is 0.603. The number of aliphatic imine (C=N–C) groups is 1. The first-order valence-corrected chi connectivity index (χ1v) is 10.5. The predicted molar refractivity (Wildman–Crippen MR) is 125 cm³/mol. The van der Waals surface area contributed by atoms with Crippen molar-refractivity contribution in [1.82, 2.24) is 24.9 Å². The Kier molecular flexibility index (Phi) is 5.81. The molecule has 3 N–H and O–H groups in total. The highest BCUT2D eigenvalue weighted by Crippen LogP contribution is 2.32. The number of allylic oxidation sites excluding steroid dienone is 2. The van der Waals surface area contributed by atoms with Crippen LogP contribution in [0.25, 0.3) is 28.1 Å². The van der Waals surface area contributed by atoms with Gasteiger partial charge in [-0.3, -0.25) is 14.9 Å². The van der Waals surface area contributed by atoms with Gasteiger partial charge in [0.15, 0.2) is 0 Å². The molecule has 0 radical (unpaired) electrons. The highest BCUT2D eigenvalue weighted by molar-refractivity contribution is 6.10. The molecule has 9 nitrogen and oxygen atoms in total. The number of aromatic nitrogens is 4. The van der Waals surface area contributed by atoms with Gasteiger partial charge in [-0.2, -0.15) is 10.2 Å². The van der Waals surface area contributed by atoms with Gasteiger partial charge in [0.1, 0.15) is 12.3 Å². The van der Waals surface area contributed by atoms with Gasteiger partial charge in [0, 0.05) is 37.8 Å². The van der Waals surface area contributed by atoms with Gasteiger partial charge < -0.3 is 15.4 Å². The van der Waals surface area contributed by atoms with Crippen molar-refractivity contribution in [3.8, 4) is 17.0 Å². The second kappa shape index (κ2) is 8.70. The van der Waals surface area contributed by atoms with Gasteiger partial charge >= 0.3 is 0 Å². The fourth-order valence-electron chi connectivity index (χ4n) is 3.80. The number of nitrogens with one attached hydrogen (secondary N) is 1. The molecule has 1 aromatic carbocycles. The van der Waals surface area contributed by atoms with Crippen LogP contribution in [0.2, 0.25) is 0 Å². The van der Waals surface area contributed by atoms with Gasteiger partial charge in [0.25, 0.3) is 5.91 Å². The Balaban J connectivity index is 1.91. The normalized spacial score (nSPS) is 18.9. The Morgan fingerprint density at radius 1 is 1.31 bits per heavy atom. The molecule has 3 heterocycles. The summed E-state index contributed by atoms with van der Waals surface area (Å²) in [5.74, 6) is 0.356. The number of carbonyl (C=O) groups is 1. The number of nitrogens with two attached hydrogens (primary N) is 1. The van der Waals surface area contributed by atoms with Crippen molar-refractivity contribution in [2.24, 2.45) is 17.8 Å². The van der Waals surface area contributed by atoms with Crippen molar-refractivity contribution in [3.63, 3.8) is 0 Å². The Bertz CT molecular complexity index is 1260. The molecule has 166 valence electrons. The monoisotopic (exact) mass is 433 g/mol. The molecule has 1 aliphatic heterocycles. The molecular weight excluding hydrogens is 406 g/mol. The highest BCUT2D eigenvalue weighted by Gasteiger charge is 2.20. The van der Waals surface area contributed by atoms with E-state index in [2.05, 4.69) is 26.4 Å². The first kappa shape index (κ1) is 21.4. The lowest BCUT2D eigenvalue weighted by Crippen LogP contribution is -2.35. The van der Waals surface area contributed by atoms with Crippen molar-refractivity contribution < 1.29 is 9.53 Å². The summed E-state index contributed by atoms with van der Waals surface area (Å²) < 4.78 is 7.73. The zero-order valence-corrected chi connectivity index (χ0v) is 18.7. The molecule has 2 bridgehead atoms. The van der Waals surface area contributed by atoms with E-state index in [9.17, 15) is 4.79 Å². The van der Waals surface area contributed by atoms with E-state index in [0.717, 1.165) is 33.4 Å². The fourth-order valence-corrected chi connectivity index (χ4v) is 3.80. The maximum absolute atomic E-state index is 13.0. The molecular formula is C23H27N7O2. The number of aryl methyl sites for hydroxylation is 1. The lowest BCUT2D eigenvalue weighted by molar-refractivity contribution is -0.126. The minimum Gasteiger partial charge on any atom is -0.476 e. The van der Waals surface area contributed by atoms with E-state index in [0.29, 0.717) is 31.0 Å². The zero-order chi connectivity index (χ0) is 22.8. The van der Waals surface area contributed by atoms with Crippen molar-refractivity contribution >= 4 is 28.6 Å². The molecule has 4 rings (SSSR count). The van der Waals surface area contributed by atoms with Crippen LogP contribution in [0, 0.1) is 0 Å². The van der Waals surface area contributed by atoms with Crippen molar-refractivity contribution in [3.05, 3.63) is 47.4 Å². The molecule has 1 amide bonds. The third kappa shape index (κ3) is 3.77. The largest absolute Gasteiger partial charge is 0.476 e. The van der Waals surface area contributed by atoms with Crippen LogP contribution in [-0.2, 0) is 11.8 Å². The van der Waals surface area contributed by atoms with Crippen molar-refractivity contribution in [2.45, 2.75) is 13.3 Å². The second-order valence-corrected chi connectivity index (χ2v) is 7.62. The lowest BCUT2D eigenvalue weighted by atomic mass is 10.0. The Morgan fingerprint density at radius 3 is 2.88 bits per heavy atom. The van der Waals surface area contributed by atoms with Crippen LogP contribution in [0.15, 0.2) is 46.7 Å². The minimum absolute atomic E-state index is 0.145. The molecule has 9 heteroatoms. The maximum atomic E-state index is 13.0. The third-order valence-electron chi connectivity index (χ3n) is 5.64. The van der Waals surface area contributed by atoms with Gasteiger partial charge in [-0.15, -0.1) is 0 Å². The molecule has 32 heavy (non-hydrogen) atoms. The van der Waals surface area contributed by atoms with Crippen molar-refractivity contribution in [1.29, 1.82) is 0 Å². The van der Waals surface area contributed by atoms with Crippen LogP contribution in [0.1, 0.15) is 19.0 Å². The summed E-state index contributed by atoms with van der Waals surface area (Å²) in [6.45, 7) is 2.65. The number of benzene rings is 1. The van der Waals surface area contributed by atoms with E-state index >= 15 is 0 Å². The molecule has 1 aliphatic rings. The second-order valence-electron chi connectivity index (χ2n) is 7.62. The molecule has 0 fully saturated rings. The molecule has 0 saturated heterocycles. The van der Waals surface area contributed by atoms with Gasteiger partial charge in [0.05, 0.1) is 29.5 Å². The van der Waals surface area contributed by atoms with E-state index in [1.54, 1.807) is 29.9 Å². The average molecular weight is 434 g/mol. The maximum Gasteiger partial charge on any atom is 0.270 e. The summed E-state index contributed by atoms with van der Waals surface area (Å²) in [7, 11) is 5.24. The van der Waals surface area contributed by atoms with Gasteiger partial charge in [0.2, 0.25) is 5.88 Å². The van der Waals surface area contributed by atoms with Gasteiger partial charge in [-0.1, -0.05) is 13.0 Å². The summed E-state index contributed by atoms with van der Waals surface area (Å²) in [4.78, 5) is 18.9. The average Bonchev–Trinajstić information content (AvgIpc) is 3.37. The summed E-state index contributed by atoms with van der Waals surface area (Å²) >= 11 is 0. The van der Waals surface area contributed by atoms with Gasteiger partial charge in [-0.05, 0) is 36.3 Å². The van der Waals surface area contributed by atoms with E-state index < -0.39 is 0 Å². The van der Waals surface area contributed by atoms with Crippen LogP contribution in [-0.4, -0.2) is 63.7 Å². The van der Waals surface area contributed by atoms with E-state index in [1.165, 1.54) is 0 Å². The summed E-state index contributed by atoms with van der Waals surface area (Å²) in [5.41, 5.74) is 11.3. The Morgan fingerprint density at radius 2 is 2.12 bits per heavy atom. The number of hydrogen-bond donors (Lipinski definition) is 2. The molecule has 0 spiro atoms. The number of carbonyl (C=O) groups excluding carboxylic acids is 1. The van der Waals surface area contributed by atoms with Gasteiger partial charge in [-0.25, -0.2) is 4.68 Å². The topological polar surface area (TPSA) is 114 Å². The summed E-state index contributed by atoms with van der Waals surface area (Å²) in [6.07, 6.45) is 6.14. The minimum atomic E-state index is -0.279. The van der Waals surface area contributed by atoms with E-state index in [1.807, 2.05) is 38.3 Å². The Labute approximate surface area is 186 Å². The first-order chi connectivity index (χ1) is 15.4. The number of rotatable bonds is 2. The lowest BCUT2D eigenvalue weighted by Gasteiger charge is -2.19. The molecule has 0 atom stereocenters. The molecule has 0 unspecified atom stereocenters. The highest BCUT2D eigenvalue weighted by atomic mass is 16.5. The van der Waals surface area contributed by atoms with Crippen LogP contribution < -0.4 is 10.5 Å². The number of likely N-dealkylation sites (N-methyl/N-ethyl adjacent to an activating group) is 1. The smallest absolute Gasteiger partial charge is 0.270 e. The SMILES string of the molecule is CCC(=NC)C1=C(\N)C(=O)N(C)CCOc2c(cnn2C)-c2ccc3n[nH]c(c3c2)\C=C\1. The zero-order valence-electron chi connectivity index (χ0n) is 18.7. The number of fused-ring (bicyclic) bond motifs is 3. The van der Waals surface area contributed by atoms with Crippen LogP contribution in [0.3, 0.4) is 0 Å². The van der Waals surface area contributed by atoms with E-state index in [-0.39, 0.29) is 11.6 Å². The van der Waals surface area contributed by atoms with Crippen LogP contribution in [0.5, 0.6) is 5.88 Å². The number of amides is 1. The molecule has 3 aromatic rings. The standard InChI is InChI=1S/C23H27N7O2/c1-5-18(25-2)15-7-9-20-16-12-14(6-8-19(16)27-28-20)17-13-26-30(4)23(17)32-11-10-29(3)22(31)21(15)24/h6-9,12-13H,5,10-11,24H2,1-4H3,(H,27,28)/b9-7+,21-15-,25-18?. The van der Waals surface area contributed by atoms with Crippen LogP contribution >= 0.6 is 0 Å². The fraction of sp³-hybridized carbons (Fsp3) is 0.304. The third-order valence-corrected chi connectivity index (χ3v) is 5.64. The number of aromatic amines is 1. The number of ether oxygens (including phenoxy) is 1. The van der Waals surface area contributed by atoms with E-state index in [4.69, 9.17) is 10.5 Å².